The minimum Gasteiger partial charge on any atom is -0.507 e. The number of fused-ring (bicyclic) bond motifs is 1. The van der Waals surface area contributed by atoms with Crippen molar-refractivity contribution >= 4 is 22.9 Å². The van der Waals surface area contributed by atoms with Crippen molar-refractivity contribution in [3.05, 3.63) is 42.0 Å². The fourth-order valence-electron chi connectivity index (χ4n) is 1.66. The lowest BCUT2D eigenvalue weighted by atomic mass is 10.1. The molecule has 2 aromatic rings. The van der Waals surface area contributed by atoms with Gasteiger partial charge in [-0.15, -0.1) is 0 Å². The van der Waals surface area contributed by atoms with E-state index in [4.69, 9.17) is 5.26 Å². The van der Waals surface area contributed by atoms with E-state index in [1.807, 2.05) is 24.3 Å². The molecule has 0 fully saturated rings. The Kier molecular flexibility index (Phi) is 3.74. The molecule has 2 rings (SSSR count). The number of hydrogen-bond acceptors (Lipinski definition) is 4. The van der Waals surface area contributed by atoms with E-state index in [1.54, 1.807) is 18.2 Å². The molecular formula is C14H11N3O2. The van der Waals surface area contributed by atoms with Gasteiger partial charge in [-0.1, -0.05) is 30.3 Å². The van der Waals surface area contributed by atoms with Gasteiger partial charge in [0.25, 0.3) is 5.91 Å². The number of phenolic OH excluding ortho intramolecular Hbond substituents is 1. The Bertz CT molecular complexity index is 687. The lowest BCUT2D eigenvalue weighted by molar-refractivity contribution is -0.120. The number of phenols is 1. The Hall–Kier alpha value is -2.87. The van der Waals surface area contributed by atoms with E-state index in [0.29, 0.717) is 5.56 Å². The Morgan fingerprint density at radius 1 is 1.37 bits per heavy atom. The van der Waals surface area contributed by atoms with Gasteiger partial charge in [-0.2, -0.15) is 10.4 Å². The number of amides is 1. The number of benzene rings is 2. The summed E-state index contributed by atoms with van der Waals surface area (Å²) in [6.45, 7) is 0. The van der Waals surface area contributed by atoms with E-state index in [1.165, 1.54) is 6.21 Å². The van der Waals surface area contributed by atoms with Gasteiger partial charge in [-0.3, -0.25) is 4.79 Å². The summed E-state index contributed by atoms with van der Waals surface area (Å²) in [4.78, 5) is 11.0. The molecule has 5 heteroatoms. The third-order valence-corrected chi connectivity index (χ3v) is 2.56. The molecule has 0 unspecified atom stereocenters. The number of nitrogens with zero attached hydrogens (tertiary/aromatic N) is 2. The second-order valence-electron chi connectivity index (χ2n) is 3.85. The maximum absolute atomic E-state index is 11.0. The van der Waals surface area contributed by atoms with Gasteiger partial charge in [0.1, 0.15) is 12.2 Å². The first-order chi connectivity index (χ1) is 9.22. The van der Waals surface area contributed by atoms with Crippen LogP contribution in [0.15, 0.2) is 41.5 Å². The Labute approximate surface area is 109 Å². The number of nitrogens with one attached hydrogen (secondary N) is 1. The number of nitriles is 1. The minimum atomic E-state index is -0.487. The quantitative estimate of drug-likeness (QED) is 0.647. The molecule has 0 atom stereocenters. The number of hydrazone groups is 1. The number of carbonyl (C=O) groups excluding carboxylic acids is 1. The molecule has 1 amide bonds. The van der Waals surface area contributed by atoms with Crippen LogP contribution in [-0.2, 0) is 4.79 Å². The van der Waals surface area contributed by atoms with Gasteiger partial charge in [0.2, 0.25) is 0 Å². The van der Waals surface area contributed by atoms with Crippen LogP contribution in [0.5, 0.6) is 5.75 Å². The number of aromatic hydroxyl groups is 1. The predicted molar refractivity (Wildman–Crippen MR) is 71.6 cm³/mol. The Balaban J connectivity index is 2.22. The summed E-state index contributed by atoms with van der Waals surface area (Å²) in [6.07, 6.45) is 1.10. The summed E-state index contributed by atoms with van der Waals surface area (Å²) in [5.74, 6) is -0.379. The van der Waals surface area contributed by atoms with Crippen LogP contribution in [-0.4, -0.2) is 17.2 Å². The molecule has 0 saturated carbocycles. The first-order valence-electron chi connectivity index (χ1n) is 5.62. The van der Waals surface area contributed by atoms with Gasteiger partial charge in [-0.05, 0) is 11.5 Å². The lowest BCUT2D eigenvalue weighted by Gasteiger charge is -2.03. The second-order valence-corrected chi connectivity index (χ2v) is 3.85. The number of hydrogen-bond donors (Lipinski definition) is 2. The smallest absolute Gasteiger partial charge is 0.254 e. The summed E-state index contributed by atoms with van der Waals surface area (Å²) in [5, 5.41) is 23.7. The molecule has 5 nitrogen and oxygen atoms in total. The SMILES string of the molecule is N#CCC(=O)N/N=C/c1ccc2ccccc2c1O. The van der Waals surface area contributed by atoms with E-state index >= 15 is 0 Å². The summed E-state index contributed by atoms with van der Waals surface area (Å²) in [5.41, 5.74) is 2.70. The van der Waals surface area contributed by atoms with Crippen molar-refractivity contribution in [2.75, 3.05) is 0 Å². The summed E-state index contributed by atoms with van der Waals surface area (Å²) in [7, 11) is 0. The highest BCUT2D eigenvalue weighted by molar-refractivity contribution is 5.97. The van der Waals surface area contributed by atoms with Crippen LogP contribution in [0.2, 0.25) is 0 Å². The van der Waals surface area contributed by atoms with Crippen molar-refractivity contribution in [3.8, 4) is 11.8 Å². The third kappa shape index (κ3) is 2.87. The van der Waals surface area contributed by atoms with Crippen LogP contribution in [0.1, 0.15) is 12.0 Å². The second kappa shape index (κ2) is 5.65. The average molecular weight is 253 g/mol. The van der Waals surface area contributed by atoms with Crippen molar-refractivity contribution in [2.45, 2.75) is 6.42 Å². The van der Waals surface area contributed by atoms with Gasteiger partial charge >= 0.3 is 0 Å². The number of rotatable bonds is 3. The lowest BCUT2D eigenvalue weighted by Crippen LogP contribution is -2.16. The standard InChI is InChI=1S/C14H11N3O2/c15-8-7-13(18)17-16-9-11-6-5-10-3-1-2-4-12(10)14(11)19/h1-6,9,19H,7H2,(H,17,18)/b16-9+. The molecule has 0 aromatic heterocycles. The zero-order valence-electron chi connectivity index (χ0n) is 10.00. The molecule has 19 heavy (non-hydrogen) atoms. The zero-order chi connectivity index (χ0) is 13.7. The first-order valence-corrected chi connectivity index (χ1v) is 5.62. The van der Waals surface area contributed by atoms with Crippen molar-refractivity contribution in [1.29, 1.82) is 5.26 Å². The van der Waals surface area contributed by atoms with Crippen LogP contribution in [0.25, 0.3) is 10.8 Å². The van der Waals surface area contributed by atoms with E-state index < -0.39 is 5.91 Å². The third-order valence-electron chi connectivity index (χ3n) is 2.56. The maximum Gasteiger partial charge on any atom is 0.254 e. The highest BCUT2D eigenvalue weighted by Gasteiger charge is 2.04. The highest BCUT2D eigenvalue weighted by Crippen LogP contribution is 2.27. The first kappa shape index (κ1) is 12.6. The molecule has 0 aliphatic carbocycles. The summed E-state index contributed by atoms with van der Waals surface area (Å²) >= 11 is 0. The molecule has 0 spiro atoms. The average Bonchev–Trinajstić information content (AvgIpc) is 2.42. The molecule has 2 aromatic carbocycles. The Morgan fingerprint density at radius 3 is 2.95 bits per heavy atom. The Morgan fingerprint density at radius 2 is 2.16 bits per heavy atom. The summed E-state index contributed by atoms with van der Waals surface area (Å²) < 4.78 is 0. The van der Waals surface area contributed by atoms with Crippen molar-refractivity contribution in [1.82, 2.24) is 5.43 Å². The van der Waals surface area contributed by atoms with E-state index in [0.717, 1.165) is 10.8 Å². The molecule has 0 bridgehead atoms. The fraction of sp³-hybridized carbons (Fsp3) is 0.0714. The largest absolute Gasteiger partial charge is 0.507 e. The topological polar surface area (TPSA) is 85.5 Å². The van der Waals surface area contributed by atoms with Crippen molar-refractivity contribution in [3.63, 3.8) is 0 Å². The van der Waals surface area contributed by atoms with Crippen LogP contribution in [0, 0.1) is 11.3 Å². The fourth-order valence-corrected chi connectivity index (χ4v) is 1.66. The molecule has 0 heterocycles. The van der Waals surface area contributed by atoms with Crippen LogP contribution >= 0.6 is 0 Å². The highest BCUT2D eigenvalue weighted by atomic mass is 16.3. The monoisotopic (exact) mass is 253 g/mol. The predicted octanol–water partition coefficient (Wildman–Crippen LogP) is 1.91. The molecule has 0 saturated heterocycles. The zero-order valence-corrected chi connectivity index (χ0v) is 10.00. The van der Waals surface area contributed by atoms with E-state index in [9.17, 15) is 9.90 Å². The molecule has 2 N–H and O–H groups in total. The molecule has 0 radical (unpaired) electrons. The van der Waals surface area contributed by atoms with Crippen molar-refractivity contribution < 1.29 is 9.90 Å². The maximum atomic E-state index is 11.0. The van der Waals surface area contributed by atoms with Crippen molar-refractivity contribution in [2.24, 2.45) is 5.10 Å². The van der Waals surface area contributed by atoms with Gasteiger partial charge in [0.05, 0.1) is 12.3 Å². The minimum absolute atomic E-state index is 0.108. The van der Waals surface area contributed by atoms with Gasteiger partial charge in [0.15, 0.2) is 0 Å². The van der Waals surface area contributed by atoms with E-state index in [2.05, 4.69) is 10.5 Å². The van der Waals surface area contributed by atoms with Gasteiger partial charge in [0, 0.05) is 10.9 Å². The van der Waals surface area contributed by atoms with Crippen LogP contribution < -0.4 is 5.43 Å². The molecular weight excluding hydrogens is 242 g/mol. The van der Waals surface area contributed by atoms with E-state index in [-0.39, 0.29) is 12.2 Å². The molecule has 0 aliphatic heterocycles. The number of carbonyl (C=O) groups is 1. The van der Waals surface area contributed by atoms with Crippen LogP contribution in [0.3, 0.4) is 0 Å². The summed E-state index contributed by atoms with van der Waals surface area (Å²) in [6, 6.07) is 12.7. The van der Waals surface area contributed by atoms with Gasteiger partial charge < -0.3 is 5.11 Å². The van der Waals surface area contributed by atoms with Crippen LogP contribution in [0.4, 0.5) is 0 Å². The molecule has 0 aliphatic rings. The molecule has 94 valence electrons. The normalized spacial score (nSPS) is 10.5. The van der Waals surface area contributed by atoms with Gasteiger partial charge in [-0.25, -0.2) is 5.43 Å².